The summed E-state index contributed by atoms with van der Waals surface area (Å²) in [6, 6.07) is 1.71. The lowest BCUT2D eigenvalue weighted by molar-refractivity contribution is 0.210. The molecule has 0 aromatic carbocycles. The van der Waals surface area contributed by atoms with Crippen LogP contribution in [0.3, 0.4) is 0 Å². The van der Waals surface area contributed by atoms with Gasteiger partial charge >= 0.3 is 0 Å². The van der Waals surface area contributed by atoms with E-state index in [2.05, 4.69) is 36.1 Å². The molecule has 90 valence electrons. The zero-order chi connectivity index (χ0) is 12.2. The van der Waals surface area contributed by atoms with E-state index in [1.165, 1.54) is 0 Å². The number of nitrogens with one attached hydrogen (secondary N) is 1. The molecule has 16 heavy (non-hydrogen) atoms. The van der Waals surface area contributed by atoms with Crippen molar-refractivity contribution in [2.75, 3.05) is 25.6 Å². The Balaban J connectivity index is 2.82. The Morgan fingerprint density at radius 1 is 1.38 bits per heavy atom. The summed E-state index contributed by atoms with van der Waals surface area (Å²) in [7, 11) is 1.66. The van der Waals surface area contributed by atoms with Gasteiger partial charge in [0.05, 0.1) is 6.61 Å². The van der Waals surface area contributed by atoms with E-state index in [1.54, 1.807) is 13.2 Å². The van der Waals surface area contributed by atoms with Crippen LogP contribution in [-0.2, 0) is 10.2 Å². The van der Waals surface area contributed by atoms with Crippen LogP contribution in [0.4, 0.5) is 5.82 Å². The molecule has 0 fully saturated rings. The van der Waals surface area contributed by atoms with Gasteiger partial charge in [-0.2, -0.15) is 0 Å². The molecule has 1 N–H and O–H groups in total. The maximum Gasteiger partial charge on any atom is 0.137 e. The highest BCUT2D eigenvalue weighted by atomic mass is 35.5. The SMILES string of the molecule is COCCNc1cc(Cl)nc(C(C)(C)C)n1. The van der Waals surface area contributed by atoms with Crippen molar-refractivity contribution in [3.8, 4) is 0 Å². The standard InChI is InChI=1S/C11H18ClN3O/c1-11(2,3)10-14-8(12)7-9(15-10)13-5-6-16-4/h7H,5-6H2,1-4H3,(H,13,14,15). The van der Waals surface area contributed by atoms with Crippen molar-refractivity contribution in [3.05, 3.63) is 17.0 Å². The molecule has 0 saturated heterocycles. The van der Waals surface area contributed by atoms with Crippen LogP contribution in [0.5, 0.6) is 0 Å². The molecular weight excluding hydrogens is 226 g/mol. The molecule has 0 unspecified atom stereocenters. The van der Waals surface area contributed by atoms with Crippen LogP contribution in [0.2, 0.25) is 5.15 Å². The fraction of sp³-hybridized carbons (Fsp3) is 0.636. The fourth-order valence-corrected chi connectivity index (χ4v) is 1.31. The summed E-state index contributed by atoms with van der Waals surface area (Å²) in [4.78, 5) is 8.63. The van der Waals surface area contributed by atoms with Gasteiger partial charge in [0.2, 0.25) is 0 Å². The normalized spacial score (nSPS) is 11.6. The Morgan fingerprint density at radius 3 is 2.62 bits per heavy atom. The maximum absolute atomic E-state index is 5.95. The molecule has 1 rings (SSSR count). The number of halogens is 1. The highest BCUT2D eigenvalue weighted by Gasteiger charge is 2.18. The molecule has 0 amide bonds. The average Bonchev–Trinajstić information content (AvgIpc) is 2.16. The third kappa shape index (κ3) is 3.94. The van der Waals surface area contributed by atoms with Crippen molar-refractivity contribution in [3.63, 3.8) is 0 Å². The van der Waals surface area contributed by atoms with Gasteiger partial charge in [0.15, 0.2) is 0 Å². The maximum atomic E-state index is 5.95. The topological polar surface area (TPSA) is 47.0 Å². The van der Waals surface area contributed by atoms with Gasteiger partial charge in [-0.05, 0) is 0 Å². The largest absolute Gasteiger partial charge is 0.383 e. The van der Waals surface area contributed by atoms with Crippen molar-refractivity contribution < 1.29 is 4.74 Å². The molecule has 0 spiro atoms. The Hall–Kier alpha value is -0.870. The minimum absolute atomic E-state index is 0.109. The van der Waals surface area contributed by atoms with Crippen molar-refractivity contribution in [1.29, 1.82) is 0 Å². The van der Waals surface area contributed by atoms with E-state index in [0.29, 0.717) is 18.3 Å². The Bertz CT molecular complexity index is 350. The summed E-state index contributed by atoms with van der Waals surface area (Å²) in [5.41, 5.74) is -0.109. The molecule has 0 radical (unpaired) electrons. The van der Waals surface area contributed by atoms with Crippen LogP contribution in [0.25, 0.3) is 0 Å². The number of rotatable bonds is 4. The molecule has 1 aromatic rings. The second-order valence-corrected chi connectivity index (χ2v) is 4.96. The molecule has 0 aliphatic rings. The van der Waals surface area contributed by atoms with Crippen molar-refractivity contribution >= 4 is 17.4 Å². The second kappa shape index (κ2) is 5.46. The lowest BCUT2D eigenvalue weighted by Crippen LogP contribution is -2.18. The molecule has 4 nitrogen and oxygen atoms in total. The third-order valence-electron chi connectivity index (χ3n) is 1.98. The van der Waals surface area contributed by atoms with E-state index in [0.717, 1.165) is 11.6 Å². The van der Waals surface area contributed by atoms with Crippen LogP contribution in [-0.4, -0.2) is 30.2 Å². The number of hydrogen-bond donors (Lipinski definition) is 1. The lowest BCUT2D eigenvalue weighted by atomic mass is 9.96. The summed E-state index contributed by atoms with van der Waals surface area (Å²) < 4.78 is 4.95. The number of methoxy groups -OCH3 is 1. The van der Waals surface area contributed by atoms with Crippen molar-refractivity contribution in [2.24, 2.45) is 0 Å². The monoisotopic (exact) mass is 243 g/mol. The first-order chi connectivity index (χ1) is 7.43. The van der Waals surface area contributed by atoms with Crippen LogP contribution >= 0.6 is 11.6 Å². The predicted molar refractivity (Wildman–Crippen MR) is 66.1 cm³/mol. The van der Waals surface area contributed by atoms with Crippen LogP contribution in [0.15, 0.2) is 6.07 Å². The molecule has 0 atom stereocenters. The summed E-state index contributed by atoms with van der Waals surface area (Å²) >= 11 is 5.95. The van der Waals surface area contributed by atoms with Crippen LogP contribution in [0.1, 0.15) is 26.6 Å². The number of hydrogen-bond acceptors (Lipinski definition) is 4. The smallest absolute Gasteiger partial charge is 0.137 e. The zero-order valence-corrected chi connectivity index (χ0v) is 10.9. The molecule has 1 heterocycles. The Labute approximate surface area is 101 Å². The van der Waals surface area contributed by atoms with Crippen molar-refractivity contribution in [1.82, 2.24) is 9.97 Å². The molecule has 0 bridgehead atoms. The first-order valence-corrected chi connectivity index (χ1v) is 5.59. The molecular formula is C11H18ClN3O. The Morgan fingerprint density at radius 2 is 2.06 bits per heavy atom. The lowest BCUT2D eigenvalue weighted by Gasteiger charge is -2.17. The minimum atomic E-state index is -0.109. The quantitative estimate of drug-likeness (QED) is 0.652. The van der Waals surface area contributed by atoms with Crippen LogP contribution < -0.4 is 5.32 Å². The van der Waals surface area contributed by atoms with Gasteiger partial charge in [-0.3, -0.25) is 0 Å². The van der Waals surface area contributed by atoms with E-state index in [-0.39, 0.29) is 5.41 Å². The summed E-state index contributed by atoms with van der Waals surface area (Å²) in [5.74, 6) is 1.47. The molecule has 5 heteroatoms. The van der Waals surface area contributed by atoms with E-state index in [4.69, 9.17) is 16.3 Å². The van der Waals surface area contributed by atoms with Gasteiger partial charge in [0.25, 0.3) is 0 Å². The summed E-state index contributed by atoms with van der Waals surface area (Å²) in [6.07, 6.45) is 0. The predicted octanol–water partition coefficient (Wildman–Crippen LogP) is 2.49. The number of aromatic nitrogens is 2. The van der Waals surface area contributed by atoms with E-state index < -0.39 is 0 Å². The number of ether oxygens (including phenoxy) is 1. The first kappa shape index (κ1) is 13.2. The minimum Gasteiger partial charge on any atom is -0.383 e. The highest BCUT2D eigenvalue weighted by molar-refractivity contribution is 6.29. The molecule has 0 aliphatic carbocycles. The first-order valence-electron chi connectivity index (χ1n) is 5.21. The average molecular weight is 244 g/mol. The fourth-order valence-electron chi connectivity index (χ4n) is 1.12. The van der Waals surface area contributed by atoms with Gasteiger partial charge < -0.3 is 10.1 Å². The number of nitrogens with zero attached hydrogens (tertiary/aromatic N) is 2. The van der Waals surface area contributed by atoms with Gasteiger partial charge in [-0.15, -0.1) is 0 Å². The van der Waals surface area contributed by atoms with Gasteiger partial charge in [-0.25, -0.2) is 9.97 Å². The molecule has 0 aliphatic heterocycles. The number of anilines is 1. The van der Waals surface area contributed by atoms with Gasteiger partial charge in [-0.1, -0.05) is 32.4 Å². The third-order valence-corrected chi connectivity index (χ3v) is 2.17. The van der Waals surface area contributed by atoms with Gasteiger partial charge in [0, 0.05) is 25.1 Å². The molecule has 0 saturated carbocycles. The van der Waals surface area contributed by atoms with Crippen LogP contribution in [0, 0.1) is 0 Å². The zero-order valence-electron chi connectivity index (χ0n) is 10.2. The summed E-state index contributed by atoms with van der Waals surface area (Å²) in [5, 5.41) is 3.60. The van der Waals surface area contributed by atoms with E-state index in [9.17, 15) is 0 Å². The molecule has 1 aromatic heterocycles. The Kier molecular flexibility index (Phi) is 4.50. The van der Waals surface area contributed by atoms with Crippen molar-refractivity contribution in [2.45, 2.75) is 26.2 Å². The summed E-state index contributed by atoms with van der Waals surface area (Å²) in [6.45, 7) is 7.49. The second-order valence-electron chi connectivity index (χ2n) is 4.57. The highest BCUT2D eigenvalue weighted by Crippen LogP contribution is 2.21. The van der Waals surface area contributed by atoms with E-state index in [1.807, 2.05) is 0 Å². The van der Waals surface area contributed by atoms with E-state index >= 15 is 0 Å². The van der Waals surface area contributed by atoms with Gasteiger partial charge in [0.1, 0.15) is 16.8 Å².